The Bertz CT molecular complexity index is 3910. The largest absolute Gasteiger partial charge is 0.248 e. The van der Waals surface area contributed by atoms with Crippen molar-refractivity contribution < 1.29 is 0 Å². The Balaban J connectivity index is 0.955. The van der Waals surface area contributed by atoms with Crippen molar-refractivity contribution >= 4 is 31.5 Å². The van der Waals surface area contributed by atoms with Crippen LogP contribution < -0.4 is 0 Å². The molecule has 10 aromatic carbocycles. The van der Waals surface area contributed by atoms with Gasteiger partial charge in [-0.05, 0) is 108 Å². The number of aromatic nitrogens is 1. The zero-order valence-corrected chi connectivity index (χ0v) is 38.3. The van der Waals surface area contributed by atoms with Crippen molar-refractivity contribution in [1.29, 1.82) is 0 Å². The highest BCUT2D eigenvalue weighted by Gasteiger charge is 2.59. The van der Waals surface area contributed by atoms with Crippen molar-refractivity contribution in [1.82, 2.24) is 4.98 Å². The molecule has 320 valence electrons. The van der Waals surface area contributed by atoms with E-state index in [4.69, 9.17) is 4.98 Å². The van der Waals surface area contributed by atoms with Gasteiger partial charge in [-0.2, -0.15) is 0 Å². The average molecular weight is 892 g/mol. The van der Waals surface area contributed by atoms with Crippen molar-refractivity contribution in [2.24, 2.45) is 0 Å². The molecule has 15 rings (SSSR count). The van der Waals surface area contributed by atoms with Crippen LogP contribution in [0.5, 0.6) is 0 Å². The van der Waals surface area contributed by atoms with Crippen LogP contribution in [0.15, 0.2) is 249 Å². The van der Waals surface area contributed by atoms with Gasteiger partial charge in [0.15, 0.2) is 0 Å². The number of nitrogens with zero attached hydrogens (tertiary/aromatic N) is 1. The SMILES string of the molecule is c1ccc(-c2cc(-c3ccc(-c4ccc5c(c4)-c4c(ccc6c4sc4ccccc46)C54c5ccccc5C5(c6ccccc6-c6ccccc65)c5ccccc54)cc3)cc(-c3ccccc3)n2)cc1. The Labute approximate surface area is 405 Å². The number of thiophene rings is 1. The lowest BCUT2D eigenvalue weighted by molar-refractivity contribution is 0.633. The normalized spacial score (nSPS) is 14.0. The van der Waals surface area contributed by atoms with Crippen LogP contribution >= 0.6 is 11.3 Å². The van der Waals surface area contributed by atoms with Crippen LogP contribution in [0, 0.1) is 0 Å². The Morgan fingerprint density at radius 2 is 0.710 bits per heavy atom. The van der Waals surface area contributed by atoms with Gasteiger partial charge in [-0.1, -0.05) is 224 Å². The molecule has 2 spiro atoms. The smallest absolute Gasteiger partial charge is 0.0720 e. The minimum atomic E-state index is -0.559. The van der Waals surface area contributed by atoms with E-state index in [2.05, 4.69) is 249 Å². The lowest BCUT2D eigenvalue weighted by Gasteiger charge is -2.48. The van der Waals surface area contributed by atoms with E-state index in [1.807, 2.05) is 11.3 Å². The summed E-state index contributed by atoms with van der Waals surface area (Å²) in [5.41, 5.74) is 24.0. The summed E-state index contributed by atoms with van der Waals surface area (Å²) in [5.74, 6) is 0. The van der Waals surface area contributed by atoms with Crippen molar-refractivity contribution in [3.8, 4) is 67.0 Å². The molecule has 12 aromatic rings. The zero-order valence-electron chi connectivity index (χ0n) is 37.5. The maximum absolute atomic E-state index is 5.16. The van der Waals surface area contributed by atoms with E-state index in [9.17, 15) is 0 Å². The summed E-state index contributed by atoms with van der Waals surface area (Å²) >= 11 is 1.94. The Hall–Kier alpha value is -8.43. The van der Waals surface area contributed by atoms with Gasteiger partial charge in [0.05, 0.1) is 22.2 Å². The Morgan fingerprint density at radius 3 is 1.29 bits per heavy atom. The second-order valence-corrected chi connectivity index (χ2v) is 19.9. The quantitative estimate of drug-likeness (QED) is 0.172. The van der Waals surface area contributed by atoms with Gasteiger partial charge in [0, 0.05) is 36.9 Å². The first-order chi connectivity index (χ1) is 34.2. The van der Waals surface area contributed by atoms with Crippen LogP contribution in [0.2, 0.25) is 0 Å². The third kappa shape index (κ3) is 5.22. The molecule has 1 nitrogen and oxygen atoms in total. The van der Waals surface area contributed by atoms with E-state index in [1.165, 1.54) is 98.1 Å². The third-order valence-corrected chi connectivity index (χ3v) is 16.8. The molecular formula is C67H41NS. The fourth-order valence-electron chi connectivity index (χ4n) is 12.8. The molecule has 2 heterocycles. The van der Waals surface area contributed by atoms with Crippen molar-refractivity contribution in [3.05, 3.63) is 293 Å². The summed E-state index contributed by atoms with van der Waals surface area (Å²) in [6.45, 7) is 0. The molecule has 2 heteroatoms. The summed E-state index contributed by atoms with van der Waals surface area (Å²) in [6, 6.07) is 93.0. The van der Waals surface area contributed by atoms with Gasteiger partial charge in [-0.3, -0.25) is 0 Å². The summed E-state index contributed by atoms with van der Waals surface area (Å²) in [6.07, 6.45) is 0. The van der Waals surface area contributed by atoms with Gasteiger partial charge in [-0.25, -0.2) is 4.98 Å². The molecule has 0 saturated heterocycles. The fraction of sp³-hybridized carbons (Fsp3) is 0.0299. The van der Waals surface area contributed by atoms with Crippen LogP contribution in [0.4, 0.5) is 0 Å². The van der Waals surface area contributed by atoms with Crippen LogP contribution in [-0.2, 0) is 10.8 Å². The molecule has 0 N–H and O–H groups in total. The van der Waals surface area contributed by atoms with E-state index >= 15 is 0 Å². The fourth-order valence-corrected chi connectivity index (χ4v) is 14.1. The van der Waals surface area contributed by atoms with Crippen LogP contribution in [0.25, 0.3) is 87.2 Å². The molecule has 0 amide bonds. The number of pyridine rings is 1. The summed E-state index contributed by atoms with van der Waals surface area (Å²) in [4.78, 5) is 5.16. The summed E-state index contributed by atoms with van der Waals surface area (Å²) in [5, 5.41) is 2.64. The minimum Gasteiger partial charge on any atom is -0.248 e. The van der Waals surface area contributed by atoms with E-state index in [1.54, 1.807) is 0 Å². The Morgan fingerprint density at radius 1 is 0.275 bits per heavy atom. The van der Waals surface area contributed by atoms with Gasteiger partial charge in [0.1, 0.15) is 0 Å². The first kappa shape index (κ1) is 38.7. The number of benzene rings is 10. The second-order valence-electron chi connectivity index (χ2n) is 18.8. The molecule has 3 aliphatic rings. The van der Waals surface area contributed by atoms with Gasteiger partial charge in [0.25, 0.3) is 0 Å². The molecule has 0 saturated carbocycles. The predicted octanol–water partition coefficient (Wildman–Crippen LogP) is 17.2. The van der Waals surface area contributed by atoms with Crippen molar-refractivity contribution in [2.75, 3.05) is 0 Å². The molecular weight excluding hydrogens is 851 g/mol. The topological polar surface area (TPSA) is 12.9 Å². The highest BCUT2D eigenvalue weighted by molar-refractivity contribution is 7.26. The van der Waals surface area contributed by atoms with Crippen molar-refractivity contribution in [3.63, 3.8) is 0 Å². The number of hydrogen-bond donors (Lipinski definition) is 0. The second kappa shape index (κ2) is 14.5. The molecule has 0 unspecified atom stereocenters. The number of rotatable bonds is 4. The average Bonchev–Trinajstić information content (AvgIpc) is 4.06. The van der Waals surface area contributed by atoms with Gasteiger partial charge in [-0.15, -0.1) is 11.3 Å². The minimum absolute atomic E-state index is 0.476. The maximum atomic E-state index is 5.16. The highest BCUT2D eigenvalue weighted by Crippen LogP contribution is 2.68. The van der Waals surface area contributed by atoms with E-state index in [0.29, 0.717) is 0 Å². The molecule has 0 bridgehead atoms. The first-order valence-electron chi connectivity index (χ1n) is 23.9. The number of fused-ring (bicyclic) bond motifs is 20. The number of hydrogen-bond acceptors (Lipinski definition) is 2. The van der Waals surface area contributed by atoms with Crippen molar-refractivity contribution in [2.45, 2.75) is 10.8 Å². The first-order valence-corrected chi connectivity index (χ1v) is 24.8. The van der Waals surface area contributed by atoms with Crippen LogP contribution in [-0.4, -0.2) is 4.98 Å². The lowest BCUT2D eigenvalue weighted by atomic mass is 9.52. The van der Waals surface area contributed by atoms with Gasteiger partial charge >= 0.3 is 0 Å². The molecule has 0 atom stereocenters. The third-order valence-electron chi connectivity index (χ3n) is 15.6. The molecule has 3 aliphatic carbocycles. The maximum Gasteiger partial charge on any atom is 0.0720 e. The van der Waals surface area contributed by atoms with E-state index in [0.717, 1.165) is 33.6 Å². The summed E-state index contributed by atoms with van der Waals surface area (Å²) in [7, 11) is 0. The molecule has 0 aliphatic heterocycles. The van der Waals surface area contributed by atoms with Crippen LogP contribution in [0.3, 0.4) is 0 Å². The zero-order chi connectivity index (χ0) is 45.3. The standard InChI is InChI=1S/C67H41NS/c1-3-17-44(18-4-1)61-40-47(41-62(68-61)45-19-5-2-6-20-45)43-33-31-42(32-34-43)46-35-37-55-52(39-46)64-60(38-36-51-50-23-9-16-30-63(50)69-65(51)64)67(55)58-28-14-12-26-56(58)66(57-27-13-15-29-59(57)67)53-24-10-7-21-48(53)49-22-8-11-25-54(49)66/h1-41H. The van der Waals surface area contributed by atoms with E-state index < -0.39 is 10.8 Å². The van der Waals surface area contributed by atoms with Gasteiger partial charge in [0.2, 0.25) is 0 Å². The molecule has 0 fully saturated rings. The Kier molecular flexibility index (Phi) is 8.14. The molecule has 69 heavy (non-hydrogen) atoms. The van der Waals surface area contributed by atoms with E-state index in [-0.39, 0.29) is 0 Å². The lowest BCUT2D eigenvalue weighted by Crippen LogP contribution is -2.43. The van der Waals surface area contributed by atoms with Gasteiger partial charge < -0.3 is 0 Å². The molecule has 0 radical (unpaired) electrons. The highest BCUT2D eigenvalue weighted by atomic mass is 32.1. The summed E-state index contributed by atoms with van der Waals surface area (Å²) < 4.78 is 2.67. The monoisotopic (exact) mass is 891 g/mol. The van der Waals surface area contributed by atoms with Crippen LogP contribution in [0.1, 0.15) is 44.5 Å². The predicted molar refractivity (Wildman–Crippen MR) is 287 cm³/mol. The molecule has 2 aromatic heterocycles.